The molecular formula is C23H26N2O3. The lowest BCUT2D eigenvalue weighted by molar-refractivity contribution is 0.304. The third-order valence-corrected chi connectivity index (χ3v) is 4.57. The molecule has 0 amide bonds. The topological polar surface area (TPSA) is 53.4 Å². The van der Waals surface area contributed by atoms with Gasteiger partial charge >= 0.3 is 0 Å². The summed E-state index contributed by atoms with van der Waals surface area (Å²) in [7, 11) is 1.65. The second-order valence-corrected chi connectivity index (χ2v) is 6.57. The molecule has 0 N–H and O–H groups in total. The average Bonchev–Trinajstić information content (AvgIpc) is 2.74. The minimum Gasteiger partial charge on any atom is -0.497 e. The SMILES string of the molecule is COc1ccc(OCCCCCCc2cccc(=O)n2-c2ccccn2)cc1. The molecule has 0 atom stereocenters. The van der Waals surface area contributed by atoms with E-state index in [1.807, 2.05) is 54.6 Å². The predicted molar refractivity (Wildman–Crippen MR) is 110 cm³/mol. The summed E-state index contributed by atoms with van der Waals surface area (Å²) in [6, 6.07) is 18.7. The maximum absolute atomic E-state index is 12.3. The third kappa shape index (κ3) is 5.46. The van der Waals surface area contributed by atoms with Gasteiger partial charge in [0.1, 0.15) is 17.3 Å². The number of benzene rings is 1. The smallest absolute Gasteiger partial charge is 0.256 e. The number of rotatable bonds is 10. The molecule has 0 unspecified atom stereocenters. The molecule has 3 rings (SSSR count). The molecule has 0 bridgehead atoms. The van der Waals surface area contributed by atoms with Crippen molar-refractivity contribution < 1.29 is 9.47 Å². The maximum atomic E-state index is 12.3. The first-order valence-electron chi connectivity index (χ1n) is 9.67. The van der Waals surface area contributed by atoms with Gasteiger partial charge in [0, 0.05) is 18.0 Å². The van der Waals surface area contributed by atoms with Gasteiger partial charge in [0.2, 0.25) is 0 Å². The van der Waals surface area contributed by atoms with Gasteiger partial charge < -0.3 is 9.47 Å². The van der Waals surface area contributed by atoms with Crippen LogP contribution in [0.4, 0.5) is 0 Å². The van der Waals surface area contributed by atoms with E-state index in [9.17, 15) is 4.79 Å². The minimum absolute atomic E-state index is 0.0379. The van der Waals surface area contributed by atoms with Gasteiger partial charge in [0.05, 0.1) is 13.7 Å². The monoisotopic (exact) mass is 378 g/mol. The molecule has 28 heavy (non-hydrogen) atoms. The highest BCUT2D eigenvalue weighted by molar-refractivity contribution is 5.31. The Morgan fingerprint density at radius 1 is 0.857 bits per heavy atom. The van der Waals surface area contributed by atoms with Crippen molar-refractivity contribution in [3.8, 4) is 17.3 Å². The Kier molecular flexibility index (Phi) is 7.24. The van der Waals surface area contributed by atoms with E-state index in [1.54, 1.807) is 23.9 Å². The number of aryl methyl sites for hydroxylation is 1. The molecule has 2 heterocycles. The maximum Gasteiger partial charge on any atom is 0.256 e. The van der Waals surface area contributed by atoms with E-state index < -0.39 is 0 Å². The lowest BCUT2D eigenvalue weighted by Gasteiger charge is -2.11. The molecule has 0 aliphatic carbocycles. The van der Waals surface area contributed by atoms with Gasteiger partial charge in [-0.2, -0.15) is 0 Å². The average molecular weight is 378 g/mol. The molecular weight excluding hydrogens is 352 g/mol. The summed E-state index contributed by atoms with van der Waals surface area (Å²) in [5.74, 6) is 2.37. The molecule has 3 aromatic rings. The number of ether oxygens (including phenoxy) is 2. The molecule has 5 heteroatoms. The quantitative estimate of drug-likeness (QED) is 0.490. The fourth-order valence-electron chi connectivity index (χ4n) is 3.10. The summed E-state index contributed by atoms with van der Waals surface area (Å²) in [6.45, 7) is 0.705. The zero-order chi connectivity index (χ0) is 19.6. The van der Waals surface area contributed by atoms with Crippen molar-refractivity contribution in [2.75, 3.05) is 13.7 Å². The Labute approximate surface area is 165 Å². The first-order chi connectivity index (χ1) is 13.8. The van der Waals surface area contributed by atoms with Crippen LogP contribution in [0.1, 0.15) is 31.4 Å². The summed E-state index contributed by atoms with van der Waals surface area (Å²) in [5.41, 5.74) is 0.963. The summed E-state index contributed by atoms with van der Waals surface area (Å²) < 4.78 is 12.6. The highest BCUT2D eigenvalue weighted by Gasteiger charge is 2.06. The van der Waals surface area contributed by atoms with Crippen LogP contribution >= 0.6 is 0 Å². The number of aromatic nitrogens is 2. The van der Waals surface area contributed by atoms with Gasteiger partial charge in [-0.1, -0.05) is 25.0 Å². The molecule has 1 aromatic carbocycles. The van der Waals surface area contributed by atoms with E-state index in [-0.39, 0.29) is 5.56 Å². The molecule has 2 aromatic heterocycles. The fraction of sp³-hybridized carbons (Fsp3) is 0.304. The zero-order valence-corrected chi connectivity index (χ0v) is 16.2. The van der Waals surface area contributed by atoms with E-state index in [4.69, 9.17) is 9.47 Å². The standard InChI is InChI=1S/C23H26N2O3/c1-27-20-13-15-21(16-14-20)28-18-7-3-2-4-9-19-10-8-12-23(26)25(19)22-11-5-6-17-24-22/h5-6,8,10-17H,2-4,7,9,18H2,1H3. The zero-order valence-electron chi connectivity index (χ0n) is 16.2. The molecule has 0 radical (unpaired) electrons. The molecule has 0 aliphatic heterocycles. The Morgan fingerprint density at radius 3 is 2.39 bits per heavy atom. The minimum atomic E-state index is -0.0379. The Morgan fingerprint density at radius 2 is 1.64 bits per heavy atom. The van der Waals surface area contributed by atoms with Gasteiger partial charge in [0.15, 0.2) is 0 Å². The first kappa shape index (κ1) is 19.7. The molecule has 0 saturated carbocycles. The summed E-state index contributed by atoms with van der Waals surface area (Å²) in [6.07, 6.45) is 6.79. The van der Waals surface area contributed by atoms with Gasteiger partial charge in [0.25, 0.3) is 5.56 Å². The normalized spacial score (nSPS) is 10.6. The Hall–Kier alpha value is -3.08. The van der Waals surface area contributed by atoms with E-state index >= 15 is 0 Å². The molecule has 0 fully saturated rings. The summed E-state index contributed by atoms with van der Waals surface area (Å²) in [4.78, 5) is 16.6. The van der Waals surface area contributed by atoms with Crippen LogP contribution < -0.4 is 15.0 Å². The van der Waals surface area contributed by atoms with Gasteiger partial charge in [-0.05, 0) is 61.7 Å². The molecule has 5 nitrogen and oxygen atoms in total. The second kappa shape index (κ2) is 10.3. The summed E-state index contributed by atoms with van der Waals surface area (Å²) >= 11 is 0. The Balaban J connectivity index is 1.42. The van der Waals surface area contributed by atoms with E-state index in [0.717, 1.165) is 49.3 Å². The number of hydrogen-bond acceptors (Lipinski definition) is 4. The molecule has 0 spiro atoms. The van der Waals surface area contributed by atoms with Gasteiger partial charge in [-0.25, -0.2) is 4.98 Å². The lowest BCUT2D eigenvalue weighted by Crippen LogP contribution is -2.21. The first-order valence-corrected chi connectivity index (χ1v) is 9.67. The molecule has 0 aliphatic rings. The van der Waals surface area contributed by atoms with Crippen LogP contribution in [-0.4, -0.2) is 23.3 Å². The van der Waals surface area contributed by atoms with Gasteiger partial charge in [-0.15, -0.1) is 0 Å². The highest BCUT2D eigenvalue weighted by Crippen LogP contribution is 2.17. The van der Waals surface area contributed by atoms with Crippen LogP contribution in [0.3, 0.4) is 0 Å². The van der Waals surface area contributed by atoms with Crippen LogP contribution in [0, 0.1) is 0 Å². The van der Waals surface area contributed by atoms with Crippen LogP contribution in [0.25, 0.3) is 5.82 Å². The second-order valence-electron chi connectivity index (χ2n) is 6.57. The highest BCUT2D eigenvalue weighted by atomic mass is 16.5. The van der Waals surface area contributed by atoms with E-state index in [0.29, 0.717) is 12.4 Å². The lowest BCUT2D eigenvalue weighted by atomic mass is 10.1. The summed E-state index contributed by atoms with van der Waals surface area (Å²) in [5, 5.41) is 0. The van der Waals surface area contributed by atoms with Crippen LogP contribution in [0.15, 0.2) is 71.7 Å². The van der Waals surface area contributed by atoms with Crippen molar-refractivity contribution in [3.63, 3.8) is 0 Å². The van der Waals surface area contributed by atoms with Gasteiger partial charge in [-0.3, -0.25) is 9.36 Å². The van der Waals surface area contributed by atoms with Crippen molar-refractivity contribution in [1.82, 2.24) is 9.55 Å². The molecule has 146 valence electrons. The van der Waals surface area contributed by atoms with Crippen molar-refractivity contribution in [2.24, 2.45) is 0 Å². The van der Waals surface area contributed by atoms with Crippen LogP contribution in [-0.2, 0) is 6.42 Å². The predicted octanol–water partition coefficient (Wildman–Crippen LogP) is 4.42. The number of unbranched alkanes of at least 4 members (excludes halogenated alkanes) is 3. The largest absolute Gasteiger partial charge is 0.497 e. The number of pyridine rings is 2. The third-order valence-electron chi connectivity index (χ3n) is 4.57. The van der Waals surface area contributed by atoms with Crippen molar-refractivity contribution >= 4 is 0 Å². The number of hydrogen-bond donors (Lipinski definition) is 0. The van der Waals surface area contributed by atoms with Crippen molar-refractivity contribution in [1.29, 1.82) is 0 Å². The van der Waals surface area contributed by atoms with Crippen LogP contribution in [0.5, 0.6) is 11.5 Å². The van der Waals surface area contributed by atoms with Crippen molar-refractivity contribution in [2.45, 2.75) is 32.1 Å². The molecule has 0 saturated heterocycles. The van der Waals surface area contributed by atoms with E-state index in [2.05, 4.69) is 4.98 Å². The van der Waals surface area contributed by atoms with Crippen molar-refractivity contribution in [3.05, 3.63) is 82.9 Å². The van der Waals surface area contributed by atoms with Crippen LogP contribution in [0.2, 0.25) is 0 Å². The fourth-order valence-corrected chi connectivity index (χ4v) is 3.10. The van der Waals surface area contributed by atoms with E-state index in [1.165, 1.54) is 0 Å². The number of methoxy groups -OCH3 is 1. The Bertz CT molecular complexity index is 905. The number of nitrogens with zero attached hydrogens (tertiary/aromatic N) is 2.